The van der Waals surface area contributed by atoms with Gasteiger partial charge in [0.1, 0.15) is 0 Å². The van der Waals surface area contributed by atoms with E-state index in [0.717, 1.165) is 11.1 Å². The van der Waals surface area contributed by atoms with Crippen LogP contribution in [0.5, 0.6) is 0 Å². The Hall–Kier alpha value is -1.62. The highest BCUT2D eigenvalue weighted by Gasteiger charge is 2.25. The minimum atomic E-state index is -3.69. The number of methoxy groups -OCH3 is 1. The Kier molecular flexibility index (Phi) is 6.15. The number of anilines is 1. The predicted octanol–water partition coefficient (Wildman–Crippen LogP) is 1.44. The normalized spacial score (nSPS) is 11.6. The number of aryl methyl sites for hydroxylation is 1. The summed E-state index contributed by atoms with van der Waals surface area (Å²) in [6.07, 6.45) is 0.128. The standard InChI is InChI=1S/C14H21N3O3S/c1-11-9-13(10-14(16)12(11)2)21(18,19)17(6-4-5-15)7-8-20-3/h9-10H,4,6-8,16H2,1-3H3. The van der Waals surface area contributed by atoms with Crippen molar-refractivity contribution in [3.05, 3.63) is 23.3 Å². The van der Waals surface area contributed by atoms with E-state index in [4.69, 9.17) is 15.7 Å². The Morgan fingerprint density at radius 3 is 2.52 bits per heavy atom. The third-order valence-corrected chi connectivity index (χ3v) is 5.21. The van der Waals surface area contributed by atoms with E-state index in [1.165, 1.54) is 17.5 Å². The summed E-state index contributed by atoms with van der Waals surface area (Å²) in [5.41, 5.74) is 7.99. The Morgan fingerprint density at radius 2 is 2.00 bits per heavy atom. The quantitative estimate of drug-likeness (QED) is 0.768. The maximum atomic E-state index is 12.7. The molecule has 1 aromatic rings. The average molecular weight is 311 g/mol. The van der Waals surface area contributed by atoms with Gasteiger partial charge in [-0.2, -0.15) is 9.57 Å². The summed E-state index contributed by atoms with van der Waals surface area (Å²) >= 11 is 0. The zero-order valence-corrected chi connectivity index (χ0v) is 13.4. The fourth-order valence-corrected chi connectivity index (χ4v) is 3.42. The molecule has 6 nitrogen and oxygen atoms in total. The molecule has 7 heteroatoms. The lowest BCUT2D eigenvalue weighted by Gasteiger charge is -2.21. The van der Waals surface area contributed by atoms with Crippen molar-refractivity contribution >= 4 is 15.7 Å². The molecule has 0 spiro atoms. The molecule has 0 bridgehead atoms. The van der Waals surface area contributed by atoms with E-state index >= 15 is 0 Å². The summed E-state index contributed by atoms with van der Waals surface area (Å²) in [6, 6.07) is 5.02. The topological polar surface area (TPSA) is 96.4 Å². The minimum Gasteiger partial charge on any atom is -0.398 e. The molecule has 0 fully saturated rings. The van der Waals surface area contributed by atoms with Gasteiger partial charge in [0, 0.05) is 32.3 Å². The lowest BCUT2D eigenvalue weighted by atomic mass is 10.1. The van der Waals surface area contributed by atoms with Crippen LogP contribution >= 0.6 is 0 Å². The Bertz CT molecular complexity index is 612. The molecule has 2 N–H and O–H groups in total. The molecule has 0 aliphatic carbocycles. The van der Waals surface area contributed by atoms with Crippen LogP contribution < -0.4 is 5.73 Å². The molecule has 0 aromatic heterocycles. The third kappa shape index (κ3) is 4.17. The fraction of sp³-hybridized carbons (Fsp3) is 0.500. The van der Waals surface area contributed by atoms with Gasteiger partial charge in [0.2, 0.25) is 10.0 Å². The van der Waals surface area contributed by atoms with Gasteiger partial charge in [-0.3, -0.25) is 0 Å². The van der Waals surface area contributed by atoms with Gasteiger partial charge in [0.25, 0.3) is 0 Å². The second-order valence-corrected chi connectivity index (χ2v) is 6.70. The SMILES string of the molecule is COCCN(CCC#N)S(=O)(=O)c1cc(C)c(C)c(N)c1. The van der Waals surface area contributed by atoms with Crippen molar-refractivity contribution in [1.29, 1.82) is 5.26 Å². The highest BCUT2D eigenvalue weighted by atomic mass is 32.2. The number of ether oxygens (including phenoxy) is 1. The molecule has 0 aliphatic rings. The molecular formula is C14H21N3O3S. The first kappa shape index (κ1) is 17.4. The first-order valence-electron chi connectivity index (χ1n) is 6.57. The zero-order valence-electron chi connectivity index (χ0n) is 12.6. The number of rotatable bonds is 7. The number of hydrogen-bond donors (Lipinski definition) is 1. The van der Waals surface area contributed by atoms with Crippen LogP contribution in [0.3, 0.4) is 0 Å². The fourth-order valence-electron chi connectivity index (χ4n) is 1.87. The van der Waals surface area contributed by atoms with Gasteiger partial charge in [-0.15, -0.1) is 0 Å². The Balaban J connectivity index is 3.18. The van der Waals surface area contributed by atoms with E-state index < -0.39 is 10.0 Å². The number of nitriles is 1. The van der Waals surface area contributed by atoms with Gasteiger partial charge in [-0.1, -0.05) is 0 Å². The van der Waals surface area contributed by atoms with Crippen LogP contribution in [0.15, 0.2) is 17.0 Å². The molecule has 0 atom stereocenters. The Morgan fingerprint density at radius 1 is 1.33 bits per heavy atom. The highest BCUT2D eigenvalue weighted by Crippen LogP contribution is 2.24. The molecule has 0 aliphatic heterocycles. The molecule has 0 radical (unpaired) electrons. The molecule has 1 rings (SSSR count). The number of nitrogens with two attached hydrogens (primary N) is 1. The molecular weight excluding hydrogens is 290 g/mol. The Labute approximate surface area is 126 Å². The second kappa shape index (κ2) is 7.41. The van der Waals surface area contributed by atoms with Gasteiger partial charge in [-0.05, 0) is 37.1 Å². The van der Waals surface area contributed by atoms with Crippen molar-refractivity contribution in [2.24, 2.45) is 0 Å². The van der Waals surface area contributed by atoms with Crippen molar-refractivity contribution in [3.63, 3.8) is 0 Å². The smallest absolute Gasteiger partial charge is 0.243 e. The van der Waals surface area contributed by atoms with Crippen LogP contribution in [0.4, 0.5) is 5.69 Å². The molecule has 116 valence electrons. The number of nitrogen functional groups attached to an aromatic ring is 1. The molecule has 0 saturated carbocycles. The van der Waals surface area contributed by atoms with Gasteiger partial charge >= 0.3 is 0 Å². The van der Waals surface area contributed by atoms with E-state index in [-0.39, 0.29) is 31.0 Å². The van der Waals surface area contributed by atoms with Gasteiger partial charge in [-0.25, -0.2) is 8.42 Å². The summed E-state index contributed by atoms with van der Waals surface area (Å²) in [7, 11) is -2.18. The van der Waals surface area contributed by atoms with Crippen molar-refractivity contribution in [3.8, 4) is 6.07 Å². The van der Waals surface area contributed by atoms with E-state index in [1.54, 1.807) is 6.07 Å². The first-order chi connectivity index (χ1) is 9.84. The predicted molar refractivity (Wildman–Crippen MR) is 81.2 cm³/mol. The molecule has 0 saturated heterocycles. The number of nitrogens with zero attached hydrogens (tertiary/aromatic N) is 2. The van der Waals surface area contributed by atoms with Crippen molar-refractivity contribution in [2.45, 2.75) is 25.2 Å². The van der Waals surface area contributed by atoms with Crippen molar-refractivity contribution in [1.82, 2.24) is 4.31 Å². The molecule has 0 amide bonds. The summed E-state index contributed by atoms with van der Waals surface area (Å²) in [6.45, 7) is 4.27. The van der Waals surface area contributed by atoms with E-state index in [9.17, 15) is 8.42 Å². The van der Waals surface area contributed by atoms with Crippen LogP contribution in [0.25, 0.3) is 0 Å². The third-order valence-electron chi connectivity index (χ3n) is 3.34. The summed E-state index contributed by atoms with van der Waals surface area (Å²) in [4.78, 5) is 0.150. The van der Waals surface area contributed by atoms with Crippen LogP contribution in [0, 0.1) is 25.2 Å². The summed E-state index contributed by atoms with van der Waals surface area (Å²) in [5, 5.41) is 8.68. The van der Waals surface area contributed by atoms with E-state index in [0.29, 0.717) is 5.69 Å². The largest absolute Gasteiger partial charge is 0.398 e. The minimum absolute atomic E-state index is 0.128. The number of hydrogen-bond acceptors (Lipinski definition) is 5. The van der Waals surface area contributed by atoms with E-state index in [2.05, 4.69) is 0 Å². The summed E-state index contributed by atoms with van der Waals surface area (Å²) in [5.74, 6) is 0. The van der Waals surface area contributed by atoms with Gasteiger partial charge in [0.15, 0.2) is 0 Å². The van der Waals surface area contributed by atoms with Gasteiger partial charge in [0.05, 0.1) is 17.6 Å². The highest BCUT2D eigenvalue weighted by molar-refractivity contribution is 7.89. The van der Waals surface area contributed by atoms with Crippen LogP contribution in [-0.4, -0.2) is 39.5 Å². The van der Waals surface area contributed by atoms with Crippen LogP contribution in [-0.2, 0) is 14.8 Å². The maximum absolute atomic E-state index is 12.7. The lowest BCUT2D eigenvalue weighted by molar-refractivity contribution is 0.179. The van der Waals surface area contributed by atoms with Crippen molar-refractivity contribution < 1.29 is 13.2 Å². The average Bonchev–Trinajstić information content (AvgIpc) is 2.44. The number of benzene rings is 1. The molecule has 0 unspecified atom stereocenters. The molecule has 0 heterocycles. The number of sulfonamides is 1. The molecule has 1 aromatic carbocycles. The second-order valence-electron chi connectivity index (χ2n) is 4.76. The lowest BCUT2D eigenvalue weighted by Crippen LogP contribution is -2.34. The maximum Gasteiger partial charge on any atom is 0.243 e. The van der Waals surface area contributed by atoms with Crippen LogP contribution in [0.1, 0.15) is 17.5 Å². The summed E-state index contributed by atoms with van der Waals surface area (Å²) < 4.78 is 31.5. The van der Waals surface area contributed by atoms with Crippen LogP contribution in [0.2, 0.25) is 0 Å². The van der Waals surface area contributed by atoms with Gasteiger partial charge < -0.3 is 10.5 Å². The van der Waals surface area contributed by atoms with Crippen molar-refractivity contribution in [2.75, 3.05) is 32.5 Å². The van der Waals surface area contributed by atoms with E-state index in [1.807, 2.05) is 19.9 Å². The zero-order chi connectivity index (χ0) is 16.0. The monoisotopic (exact) mass is 311 g/mol. The molecule has 21 heavy (non-hydrogen) atoms. The first-order valence-corrected chi connectivity index (χ1v) is 8.01.